The van der Waals surface area contributed by atoms with Crippen LogP contribution < -0.4 is 5.32 Å². The molecule has 6 heteroatoms. The molecule has 1 amide bonds. The first-order valence-corrected chi connectivity index (χ1v) is 8.27. The van der Waals surface area contributed by atoms with Crippen LogP contribution in [0.3, 0.4) is 0 Å². The lowest BCUT2D eigenvalue weighted by Crippen LogP contribution is -2.32. The molecule has 0 saturated carbocycles. The summed E-state index contributed by atoms with van der Waals surface area (Å²) in [7, 11) is 0. The Hall–Kier alpha value is -2.21. The molecule has 4 nitrogen and oxygen atoms in total. The summed E-state index contributed by atoms with van der Waals surface area (Å²) in [5.41, 5.74) is 0.764. The smallest absolute Gasteiger partial charge is 0.341 e. The lowest BCUT2D eigenvalue weighted by Gasteiger charge is -2.17. The second-order valence-electron chi connectivity index (χ2n) is 5.14. The Labute approximate surface area is 148 Å². The first kappa shape index (κ1) is 18.1. The van der Waals surface area contributed by atoms with Gasteiger partial charge in [0, 0.05) is 4.47 Å². The Morgan fingerprint density at radius 2 is 1.83 bits per heavy atom. The van der Waals surface area contributed by atoms with E-state index in [2.05, 4.69) is 21.2 Å². The molecule has 0 aliphatic heterocycles. The van der Waals surface area contributed by atoms with E-state index in [4.69, 9.17) is 4.74 Å². The zero-order valence-corrected chi connectivity index (χ0v) is 14.7. The number of hydrogen-bond donors (Lipinski definition) is 1. The van der Waals surface area contributed by atoms with E-state index in [1.54, 1.807) is 0 Å². The molecule has 2 rings (SSSR count). The Balaban J connectivity index is 1.91. The number of benzene rings is 2. The largest absolute Gasteiger partial charge is 0.452 e. The van der Waals surface area contributed by atoms with Crippen LogP contribution >= 0.6 is 15.9 Å². The SMILES string of the molecule is CC[C@@H](NC(=O)COC(=O)c1ccccc1F)c1ccc(Br)cc1. The second-order valence-corrected chi connectivity index (χ2v) is 6.05. The molecular weight excluding hydrogens is 377 g/mol. The Bertz CT molecular complexity index is 718. The van der Waals surface area contributed by atoms with E-state index in [1.807, 2.05) is 31.2 Å². The monoisotopic (exact) mass is 393 g/mol. The zero-order valence-electron chi connectivity index (χ0n) is 13.1. The Morgan fingerprint density at radius 1 is 1.17 bits per heavy atom. The number of carbonyl (C=O) groups excluding carboxylic acids is 2. The quantitative estimate of drug-likeness (QED) is 0.754. The Morgan fingerprint density at radius 3 is 2.46 bits per heavy atom. The van der Waals surface area contributed by atoms with Crippen LogP contribution in [0.5, 0.6) is 0 Å². The van der Waals surface area contributed by atoms with E-state index in [-0.39, 0.29) is 11.6 Å². The van der Waals surface area contributed by atoms with Crippen molar-refractivity contribution in [2.75, 3.05) is 6.61 Å². The third-order valence-corrected chi connectivity index (χ3v) is 3.97. The van der Waals surface area contributed by atoms with Gasteiger partial charge in [0.05, 0.1) is 11.6 Å². The molecule has 126 valence electrons. The van der Waals surface area contributed by atoms with Gasteiger partial charge in [-0.1, -0.05) is 47.1 Å². The average Bonchev–Trinajstić information content (AvgIpc) is 2.59. The predicted octanol–water partition coefficient (Wildman–Crippen LogP) is 4.01. The van der Waals surface area contributed by atoms with Gasteiger partial charge in [-0.15, -0.1) is 0 Å². The van der Waals surface area contributed by atoms with Gasteiger partial charge in [0.15, 0.2) is 6.61 Å². The van der Waals surface area contributed by atoms with Crippen molar-refractivity contribution in [3.63, 3.8) is 0 Å². The van der Waals surface area contributed by atoms with Crippen LogP contribution in [0.4, 0.5) is 4.39 Å². The van der Waals surface area contributed by atoms with Crippen LogP contribution in [0.25, 0.3) is 0 Å². The molecular formula is C18H17BrFNO3. The van der Waals surface area contributed by atoms with E-state index in [1.165, 1.54) is 18.2 Å². The highest BCUT2D eigenvalue weighted by Gasteiger charge is 2.16. The van der Waals surface area contributed by atoms with Crippen LogP contribution in [0.2, 0.25) is 0 Å². The predicted molar refractivity (Wildman–Crippen MR) is 92.0 cm³/mol. The van der Waals surface area contributed by atoms with E-state index in [0.29, 0.717) is 6.42 Å². The van der Waals surface area contributed by atoms with Crippen molar-refractivity contribution in [1.82, 2.24) is 5.32 Å². The molecule has 0 aliphatic rings. The fourth-order valence-corrected chi connectivity index (χ4v) is 2.45. The third kappa shape index (κ3) is 4.89. The molecule has 1 N–H and O–H groups in total. The van der Waals surface area contributed by atoms with Gasteiger partial charge in [-0.2, -0.15) is 0 Å². The van der Waals surface area contributed by atoms with Gasteiger partial charge >= 0.3 is 5.97 Å². The van der Waals surface area contributed by atoms with Crippen LogP contribution in [0.1, 0.15) is 35.3 Å². The number of carbonyl (C=O) groups is 2. The van der Waals surface area contributed by atoms with Gasteiger partial charge in [-0.3, -0.25) is 4.79 Å². The van der Waals surface area contributed by atoms with E-state index < -0.39 is 24.3 Å². The highest BCUT2D eigenvalue weighted by molar-refractivity contribution is 9.10. The standard InChI is InChI=1S/C18H17BrFNO3/c1-2-16(12-7-9-13(19)10-8-12)21-17(22)11-24-18(23)14-5-3-4-6-15(14)20/h3-10,16H,2,11H2,1H3,(H,21,22)/t16-/m1/s1. The highest BCUT2D eigenvalue weighted by atomic mass is 79.9. The summed E-state index contributed by atoms with van der Waals surface area (Å²) in [6, 6.07) is 12.9. The van der Waals surface area contributed by atoms with Gasteiger partial charge in [0.25, 0.3) is 5.91 Å². The lowest BCUT2D eigenvalue weighted by molar-refractivity contribution is -0.125. The third-order valence-electron chi connectivity index (χ3n) is 3.44. The molecule has 0 spiro atoms. The molecule has 0 saturated heterocycles. The number of rotatable bonds is 6. The molecule has 0 radical (unpaired) electrons. The highest BCUT2D eigenvalue weighted by Crippen LogP contribution is 2.19. The van der Waals surface area contributed by atoms with Crippen molar-refractivity contribution in [1.29, 1.82) is 0 Å². The zero-order chi connectivity index (χ0) is 17.5. The molecule has 1 atom stereocenters. The minimum atomic E-state index is -0.861. The van der Waals surface area contributed by atoms with Crippen LogP contribution in [-0.2, 0) is 9.53 Å². The van der Waals surface area contributed by atoms with E-state index >= 15 is 0 Å². The number of ether oxygens (including phenoxy) is 1. The minimum Gasteiger partial charge on any atom is -0.452 e. The average molecular weight is 394 g/mol. The van der Waals surface area contributed by atoms with Gasteiger partial charge in [0.2, 0.25) is 0 Å². The molecule has 0 heterocycles. The molecule has 0 bridgehead atoms. The maximum atomic E-state index is 13.5. The number of nitrogens with one attached hydrogen (secondary N) is 1. The van der Waals surface area contributed by atoms with E-state index in [9.17, 15) is 14.0 Å². The van der Waals surface area contributed by atoms with Crippen molar-refractivity contribution < 1.29 is 18.7 Å². The molecule has 0 aromatic heterocycles. The molecule has 0 unspecified atom stereocenters. The number of esters is 1. The summed E-state index contributed by atoms with van der Waals surface area (Å²) >= 11 is 3.36. The van der Waals surface area contributed by atoms with Crippen molar-refractivity contribution >= 4 is 27.8 Å². The van der Waals surface area contributed by atoms with E-state index in [0.717, 1.165) is 16.1 Å². The summed E-state index contributed by atoms with van der Waals surface area (Å²) in [6.07, 6.45) is 0.689. The molecule has 2 aromatic rings. The van der Waals surface area contributed by atoms with Crippen LogP contribution in [0, 0.1) is 5.82 Å². The maximum absolute atomic E-state index is 13.5. The number of hydrogen-bond acceptors (Lipinski definition) is 3. The first-order valence-electron chi connectivity index (χ1n) is 7.47. The van der Waals surface area contributed by atoms with Crippen molar-refractivity contribution in [2.24, 2.45) is 0 Å². The second kappa shape index (κ2) is 8.59. The van der Waals surface area contributed by atoms with Crippen LogP contribution in [-0.4, -0.2) is 18.5 Å². The summed E-state index contributed by atoms with van der Waals surface area (Å²) in [5.74, 6) is -1.97. The number of amides is 1. The van der Waals surface area contributed by atoms with Gasteiger partial charge < -0.3 is 10.1 Å². The minimum absolute atomic E-state index is 0.183. The summed E-state index contributed by atoms with van der Waals surface area (Å²) in [6.45, 7) is 1.48. The summed E-state index contributed by atoms with van der Waals surface area (Å²) in [4.78, 5) is 23.8. The summed E-state index contributed by atoms with van der Waals surface area (Å²) in [5, 5.41) is 2.80. The molecule has 0 fully saturated rings. The molecule has 2 aromatic carbocycles. The maximum Gasteiger partial charge on any atom is 0.341 e. The van der Waals surface area contributed by atoms with Gasteiger partial charge in [-0.05, 0) is 36.2 Å². The van der Waals surface area contributed by atoms with Gasteiger partial charge in [-0.25, -0.2) is 9.18 Å². The topological polar surface area (TPSA) is 55.4 Å². The normalized spacial score (nSPS) is 11.6. The fourth-order valence-electron chi connectivity index (χ4n) is 2.19. The van der Waals surface area contributed by atoms with Crippen molar-refractivity contribution in [2.45, 2.75) is 19.4 Å². The molecule has 24 heavy (non-hydrogen) atoms. The summed E-state index contributed by atoms with van der Waals surface area (Å²) < 4.78 is 19.3. The Kier molecular flexibility index (Phi) is 6.49. The van der Waals surface area contributed by atoms with Crippen molar-refractivity contribution in [3.05, 3.63) is 69.9 Å². The number of halogens is 2. The molecule has 0 aliphatic carbocycles. The van der Waals surface area contributed by atoms with Gasteiger partial charge in [0.1, 0.15) is 5.82 Å². The fraction of sp³-hybridized carbons (Fsp3) is 0.222. The van der Waals surface area contributed by atoms with Crippen LogP contribution in [0.15, 0.2) is 53.0 Å². The van der Waals surface area contributed by atoms with Crippen molar-refractivity contribution in [3.8, 4) is 0 Å². The first-order chi connectivity index (χ1) is 11.5. The lowest BCUT2D eigenvalue weighted by atomic mass is 10.0.